The van der Waals surface area contributed by atoms with Crippen LogP contribution < -0.4 is 5.32 Å². The van der Waals surface area contributed by atoms with Crippen molar-refractivity contribution >= 4 is 5.70 Å². The SMILES string of the molecule is CC1=C(c2ccc(F)cc2)NCCCC1. The molecule has 15 heavy (non-hydrogen) atoms. The van der Waals surface area contributed by atoms with Crippen LogP contribution in [0, 0.1) is 5.82 Å². The van der Waals surface area contributed by atoms with Crippen molar-refractivity contribution in [1.82, 2.24) is 5.32 Å². The van der Waals surface area contributed by atoms with Gasteiger partial charge in [0.1, 0.15) is 5.82 Å². The van der Waals surface area contributed by atoms with Gasteiger partial charge in [0.2, 0.25) is 0 Å². The summed E-state index contributed by atoms with van der Waals surface area (Å²) in [7, 11) is 0. The molecule has 0 atom stereocenters. The lowest BCUT2D eigenvalue weighted by molar-refractivity contribution is 0.627. The molecule has 2 heteroatoms. The summed E-state index contributed by atoms with van der Waals surface area (Å²) in [6, 6.07) is 6.71. The first-order chi connectivity index (χ1) is 7.27. The smallest absolute Gasteiger partial charge is 0.123 e. The van der Waals surface area contributed by atoms with E-state index in [-0.39, 0.29) is 5.82 Å². The predicted octanol–water partition coefficient (Wildman–Crippen LogP) is 3.33. The molecule has 0 saturated heterocycles. The molecule has 1 aliphatic rings. The van der Waals surface area contributed by atoms with Gasteiger partial charge in [0.15, 0.2) is 0 Å². The lowest BCUT2D eigenvalue weighted by Gasteiger charge is -2.11. The van der Waals surface area contributed by atoms with Crippen LogP contribution in [0.5, 0.6) is 0 Å². The zero-order chi connectivity index (χ0) is 10.7. The third-order valence-electron chi connectivity index (χ3n) is 2.84. The molecule has 0 aliphatic carbocycles. The Labute approximate surface area is 90.0 Å². The van der Waals surface area contributed by atoms with Crippen molar-refractivity contribution in [2.24, 2.45) is 0 Å². The number of hydrogen-bond acceptors (Lipinski definition) is 1. The number of halogens is 1. The maximum Gasteiger partial charge on any atom is 0.123 e. The first-order valence-corrected chi connectivity index (χ1v) is 5.47. The second-order valence-corrected chi connectivity index (χ2v) is 4.05. The Kier molecular flexibility index (Phi) is 3.05. The van der Waals surface area contributed by atoms with Crippen LogP contribution >= 0.6 is 0 Å². The Morgan fingerprint density at radius 1 is 1.13 bits per heavy atom. The summed E-state index contributed by atoms with van der Waals surface area (Å²) in [5.74, 6) is -0.175. The maximum absolute atomic E-state index is 12.8. The fraction of sp³-hybridized carbons (Fsp3) is 0.385. The van der Waals surface area contributed by atoms with Gasteiger partial charge in [-0.15, -0.1) is 0 Å². The highest BCUT2D eigenvalue weighted by molar-refractivity contribution is 5.66. The van der Waals surface area contributed by atoms with E-state index in [9.17, 15) is 4.39 Å². The Morgan fingerprint density at radius 3 is 2.60 bits per heavy atom. The molecule has 2 rings (SSSR count). The van der Waals surface area contributed by atoms with Crippen LogP contribution in [0.2, 0.25) is 0 Å². The largest absolute Gasteiger partial charge is 0.385 e. The Bertz CT molecular complexity index is 365. The lowest BCUT2D eigenvalue weighted by Crippen LogP contribution is -2.12. The number of benzene rings is 1. The predicted molar refractivity (Wildman–Crippen MR) is 60.8 cm³/mol. The van der Waals surface area contributed by atoms with E-state index in [4.69, 9.17) is 0 Å². The van der Waals surface area contributed by atoms with Crippen molar-refractivity contribution in [3.05, 3.63) is 41.2 Å². The minimum atomic E-state index is -0.175. The summed E-state index contributed by atoms with van der Waals surface area (Å²) < 4.78 is 12.8. The van der Waals surface area contributed by atoms with Crippen LogP contribution in [-0.4, -0.2) is 6.54 Å². The van der Waals surface area contributed by atoms with E-state index in [0.29, 0.717) is 0 Å². The molecule has 0 radical (unpaired) electrons. The molecule has 0 spiro atoms. The minimum Gasteiger partial charge on any atom is -0.385 e. The molecule has 1 aliphatic heterocycles. The first-order valence-electron chi connectivity index (χ1n) is 5.47. The molecule has 1 aromatic carbocycles. The van der Waals surface area contributed by atoms with Crippen LogP contribution in [0.25, 0.3) is 5.70 Å². The Hall–Kier alpha value is -1.31. The molecule has 1 N–H and O–H groups in total. The highest BCUT2D eigenvalue weighted by Gasteiger charge is 2.08. The third kappa shape index (κ3) is 2.38. The minimum absolute atomic E-state index is 0.175. The van der Waals surface area contributed by atoms with Gasteiger partial charge >= 0.3 is 0 Å². The van der Waals surface area contributed by atoms with E-state index in [0.717, 1.165) is 18.5 Å². The number of hydrogen-bond donors (Lipinski definition) is 1. The summed E-state index contributed by atoms with van der Waals surface area (Å²) in [4.78, 5) is 0. The summed E-state index contributed by atoms with van der Waals surface area (Å²) in [5.41, 5.74) is 3.66. The lowest BCUT2D eigenvalue weighted by atomic mass is 10.0. The van der Waals surface area contributed by atoms with Gasteiger partial charge < -0.3 is 5.32 Å². The first kappa shape index (κ1) is 10.2. The molecule has 80 valence electrons. The van der Waals surface area contributed by atoms with E-state index in [1.807, 2.05) is 12.1 Å². The Morgan fingerprint density at radius 2 is 1.87 bits per heavy atom. The average molecular weight is 205 g/mol. The highest BCUT2D eigenvalue weighted by Crippen LogP contribution is 2.22. The zero-order valence-corrected chi connectivity index (χ0v) is 9.02. The summed E-state index contributed by atoms with van der Waals surface area (Å²) in [6.45, 7) is 3.17. The van der Waals surface area contributed by atoms with Gasteiger partial charge in [0, 0.05) is 12.2 Å². The molecule has 1 heterocycles. The van der Waals surface area contributed by atoms with E-state index < -0.39 is 0 Å². The van der Waals surface area contributed by atoms with E-state index in [1.165, 1.54) is 36.2 Å². The average Bonchev–Trinajstić information content (AvgIpc) is 2.44. The van der Waals surface area contributed by atoms with Gasteiger partial charge in [0.25, 0.3) is 0 Å². The second-order valence-electron chi connectivity index (χ2n) is 4.05. The molecule has 1 aromatic rings. The second kappa shape index (κ2) is 4.47. The van der Waals surface area contributed by atoms with Crippen molar-refractivity contribution in [3.8, 4) is 0 Å². The number of allylic oxidation sites excluding steroid dienone is 1. The van der Waals surface area contributed by atoms with Crippen molar-refractivity contribution < 1.29 is 4.39 Å². The van der Waals surface area contributed by atoms with Crippen LogP contribution in [-0.2, 0) is 0 Å². The Balaban J connectivity index is 2.31. The fourth-order valence-electron chi connectivity index (χ4n) is 1.97. The van der Waals surface area contributed by atoms with Crippen LogP contribution in [0.15, 0.2) is 29.8 Å². The molecule has 1 nitrogen and oxygen atoms in total. The van der Waals surface area contributed by atoms with Crippen LogP contribution in [0.3, 0.4) is 0 Å². The topological polar surface area (TPSA) is 12.0 Å². The van der Waals surface area contributed by atoms with E-state index >= 15 is 0 Å². The van der Waals surface area contributed by atoms with Gasteiger partial charge in [-0.3, -0.25) is 0 Å². The van der Waals surface area contributed by atoms with Crippen LogP contribution in [0.4, 0.5) is 4.39 Å². The standard InChI is InChI=1S/C13H16FN/c1-10-4-2-3-9-15-13(10)11-5-7-12(14)8-6-11/h5-8,15H,2-4,9H2,1H3. The van der Waals surface area contributed by atoms with Crippen molar-refractivity contribution in [3.63, 3.8) is 0 Å². The molecular weight excluding hydrogens is 189 g/mol. The number of rotatable bonds is 1. The van der Waals surface area contributed by atoms with E-state index in [1.54, 1.807) is 0 Å². The van der Waals surface area contributed by atoms with Crippen molar-refractivity contribution in [1.29, 1.82) is 0 Å². The van der Waals surface area contributed by atoms with E-state index in [2.05, 4.69) is 12.2 Å². The zero-order valence-electron chi connectivity index (χ0n) is 9.02. The summed E-state index contributed by atoms with van der Waals surface area (Å²) >= 11 is 0. The van der Waals surface area contributed by atoms with Gasteiger partial charge in [-0.2, -0.15) is 0 Å². The van der Waals surface area contributed by atoms with Gasteiger partial charge in [-0.05, 0) is 49.5 Å². The monoisotopic (exact) mass is 205 g/mol. The van der Waals surface area contributed by atoms with Gasteiger partial charge in [-0.1, -0.05) is 12.1 Å². The third-order valence-corrected chi connectivity index (χ3v) is 2.84. The van der Waals surface area contributed by atoms with Crippen molar-refractivity contribution in [2.75, 3.05) is 6.54 Å². The molecule has 0 aromatic heterocycles. The van der Waals surface area contributed by atoms with Crippen LogP contribution in [0.1, 0.15) is 31.7 Å². The maximum atomic E-state index is 12.8. The summed E-state index contributed by atoms with van der Waals surface area (Å²) in [6.07, 6.45) is 3.59. The molecular formula is C13H16FN. The molecule has 0 bridgehead atoms. The van der Waals surface area contributed by atoms with Gasteiger partial charge in [0.05, 0.1) is 0 Å². The fourth-order valence-corrected chi connectivity index (χ4v) is 1.97. The quantitative estimate of drug-likeness (QED) is 0.741. The molecule has 0 saturated carbocycles. The number of nitrogens with one attached hydrogen (secondary N) is 1. The molecule has 0 fully saturated rings. The summed E-state index contributed by atoms with van der Waals surface area (Å²) in [5, 5.41) is 3.42. The normalized spacial score (nSPS) is 17.2. The molecule has 0 unspecified atom stereocenters. The molecule has 0 amide bonds. The van der Waals surface area contributed by atoms with Crippen molar-refractivity contribution in [2.45, 2.75) is 26.2 Å². The highest BCUT2D eigenvalue weighted by atomic mass is 19.1. The van der Waals surface area contributed by atoms with Gasteiger partial charge in [-0.25, -0.2) is 4.39 Å².